The molecule has 5 rings (SSSR count). The third-order valence-corrected chi connectivity index (χ3v) is 5.52. The van der Waals surface area contributed by atoms with Crippen molar-refractivity contribution in [2.75, 3.05) is 0 Å². The fraction of sp³-hybridized carbons (Fsp3) is 0.0476. The minimum absolute atomic E-state index is 0.0965. The lowest BCUT2D eigenvalue weighted by Crippen LogP contribution is -2.08. The van der Waals surface area contributed by atoms with E-state index in [9.17, 15) is 17.6 Å². The predicted octanol–water partition coefficient (Wildman–Crippen LogP) is 6.60. The smallest absolute Gasteiger partial charge is 0.361 e. The molecule has 0 aliphatic rings. The molecule has 0 bridgehead atoms. The molecule has 0 saturated heterocycles. The zero-order valence-electron chi connectivity index (χ0n) is 15.3. The molecular formula is C21H10BrF5N4. The second kappa shape index (κ2) is 6.88. The number of H-pyrrole nitrogens is 1. The van der Waals surface area contributed by atoms with Crippen molar-refractivity contribution in [3.8, 4) is 22.5 Å². The number of imidazole rings is 1. The van der Waals surface area contributed by atoms with Gasteiger partial charge in [-0.1, -0.05) is 0 Å². The first-order valence-corrected chi connectivity index (χ1v) is 9.70. The SMILES string of the molecule is Fc1ccc(-c2cn3c(-c4ccc5[nH]ccc5c4F)c(C(F)(F)F)nc3cn2)cc1Br. The van der Waals surface area contributed by atoms with Crippen molar-refractivity contribution in [2.24, 2.45) is 0 Å². The van der Waals surface area contributed by atoms with Crippen molar-refractivity contribution in [3.05, 3.63) is 76.8 Å². The summed E-state index contributed by atoms with van der Waals surface area (Å²) in [7, 11) is 0. The van der Waals surface area contributed by atoms with Gasteiger partial charge in [-0.2, -0.15) is 13.2 Å². The van der Waals surface area contributed by atoms with Crippen LogP contribution < -0.4 is 0 Å². The number of fused-ring (bicyclic) bond motifs is 2. The molecule has 0 aliphatic heterocycles. The number of benzene rings is 2. The average molecular weight is 493 g/mol. The molecule has 0 amide bonds. The van der Waals surface area contributed by atoms with Gasteiger partial charge in [0.1, 0.15) is 11.6 Å². The summed E-state index contributed by atoms with van der Waals surface area (Å²) >= 11 is 3.08. The number of aromatic nitrogens is 4. The topological polar surface area (TPSA) is 46.0 Å². The molecule has 4 nitrogen and oxygen atoms in total. The minimum Gasteiger partial charge on any atom is -0.361 e. The molecule has 31 heavy (non-hydrogen) atoms. The van der Waals surface area contributed by atoms with Gasteiger partial charge in [-0.25, -0.2) is 13.8 Å². The maximum atomic E-state index is 15.2. The number of hydrogen-bond donors (Lipinski definition) is 1. The van der Waals surface area contributed by atoms with Crippen molar-refractivity contribution in [2.45, 2.75) is 6.18 Å². The molecule has 0 atom stereocenters. The van der Waals surface area contributed by atoms with Crippen LogP contribution in [0.15, 0.2) is 59.5 Å². The third kappa shape index (κ3) is 3.18. The van der Waals surface area contributed by atoms with Gasteiger partial charge in [0.25, 0.3) is 0 Å². The highest BCUT2D eigenvalue weighted by molar-refractivity contribution is 9.10. The van der Waals surface area contributed by atoms with E-state index in [0.29, 0.717) is 11.1 Å². The molecule has 1 N–H and O–H groups in total. The number of halogens is 6. The van der Waals surface area contributed by atoms with Crippen LogP contribution in [0.1, 0.15) is 5.69 Å². The standard InChI is InChI=1S/C21H10BrF5N4/c22-13-7-10(1-3-14(13)23)16-9-31-17(8-29-16)30-20(21(25,26)27)19(31)12-2-4-15-11(18(12)24)5-6-28-15/h1-9,28H. The van der Waals surface area contributed by atoms with Crippen LogP contribution >= 0.6 is 15.9 Å². The Morgan fingerprint density at radius 2 is 1.84 bits per heavy atom. The van der Waals surface area contributed by atoms with Gasteiger partial charge < -0.3 is 4.98 Å². The van der Waals surface area contributed by atoms with Crippen molar-refractivity contribution in [3.63, 3.8) is 0 Å². The van der Waals surface area contributed by atoms with E-state index in [4.69, 9.17) is 0 Å². The molecule has 5 aromatic rings. The Labute approximate surface area is 179 Å². The molecule has 0 aliphatic carbocycles. The largest absolute Gasteiger partial charge is 0.435 e. The fourth-order valence-corrected chi connectivity index (χ4v) is 3.87. The lowest BCUT2D eigenvalue weighted by atomic mass is 10.1. The minimum atomic E-state index is -4.82. The summed E-state index contributed by atoms with van der Waals surface area (Å²) < 4.78 is 71.5. The molecule has 3 heterocycles. The van der Waals surface area contributed by atoms with Crippen molar-refractivity contribution >= 4 is 32.5 Å². The van der Waals surface area contributed by atoms with E-state index in [1.807, 2.05) is 0 Å². The van der Waals surface area contributed by atoms with Crippen LogP contribution in [-0.2, 0) is 6.18 Å². The summed E-state index contributed by atoms with van der Waals surface area (Å²) in [4.78, 5) is 10.6. The van der Waals surface area contributed by atoms with Crippen LogP contribution in [0.5, 0.6) is 0 Å². The van der Waals surface area contributed by atoms with Crippen LogP contribution in [0.3, 0.4) is 0 Å². The van der Waals surface area contributed by atoms with Gasteiger partial charge in [-0.15, -0.1) is 0 Å². The van der Waals surface area contributed by atoms with Gasteiger partial charge in [0.15, 0.2) is 11.3 Å². The molecule has 0 spiro atoms. The maximum Gasteiger partial charge on any atom is 0.435 e. The molecule has 3 aromatic heterocycles. The van der Waals surface area contributed by atoms with Gasteiger partial charge in [0.2, 0.25) is 0 Å². The first-order chi connectivity index (χ1) is 14.7. The van der Waals surface area contributed by atoms with E-state index < -0.39 is 29.2 Å². The monoisotopic (exact) mass is 492 g/mol. The van der Waals surface area contributed by atoms with Gasteiger partial charge in [-0.05, 0) is 52.3 Å². The highest BCUT2D eigenvalue weighted by Crippen LogP contribution is 2.39. The quantitative estimate of drug-likeness (QED) is 0.282. The molecule has 0 fully saturated rings. The van der Waals surface area contributed by atoms with E-state index in [2.05, 4.69) is 30.9 Å². The number of rotatable bonds is 2. The lowest BCUT2D eigenvalue weighted by Gasteiger charge is -2.10. The Kier molecular flexibility index (Phi) is 4.37. The Balaban J connectivity index is 1.82. The highest BCUT2D eigenvalue weighted by atomic mass is 79.9. The zero-order chi connectivity index (χ0) is 21.9. The molecule has 0 saturated carbocycles. The second-order valence-corrected chi connectivity index (χ2v) is 7.66. The molecular weight excluding hydrogens is 483 g/mol. The van der Waals surface area contributed by atoms with Crippen LogP contribution in [0, 0.1) is 11.6 Å². The van der Waals surface area contributed by atoms with Crippen LogP contribution in [-0.4, -0.2) is 19.4 Å². The third-order valence-electron chi connectivity index (χ3n) is 4.92. The number of nitrogens with zero attached hydrogens (tertiary/aromatic N) is 3. The van der Waals surface area contributed by atoms with Crippen molar-refractivity contribution in [1.29, 1.82) is 0 Å². The molecule has 0 unspecified atom stereocenters. The molecule has 2 aromatic carbocycles. The average Bonchev–Trinajstić information content (AvgIpc) is 3.35. The Morgan fingerprint density at radius 3 is 2.58 bits per heavy atom. The summed E-state index contributed by atoms with van der Waals surface area (Å²) in [6, 6.07) is 8.35. The Hall–Kier alpha value is -3.27. The Morgan fingerprint density at radius 1 is 1.03 bits per heavy atom. The van der Waals surface area contributed by atoms with Crippen molar-refractivity contribution in [1.82, 2.24) is 19.4 Å². The number of nitrogens with one attached hydrogen (secondary N) is 1. The number of hydrogen-bond acceptors (Lipinski definition) is 2. The molecule has 10 heteroatoms. The highest BCUT2D eigenvalue weighted by Gasteiger charge is 2.39. The number of alkyl halides is 3. The van der Waals surface area contributed by atoms with Crippen LogP contribution in [0.2, 0.25) is 0 Å². The first kappa shape index (κ1) is 19.7. The van der Waals surface area contributed by atoms with E-state index in [1.54, 1.807) is 0 Å². The van der Waals surface area contributed by atoms with Gasteiger partial charge in [0.05, 0.1) is 22.1 Å². The summed E-state index contributed by atoms with van der Waals surface area (Å²) in [5, 5.41) is 0.164. The summed E-state index contributed by atoms with van der Waals surface area (Å²) in [5.41, 5.74) is -0.811. The van der Waals surface area contributed by atoms with Crippen LogP contribution in [0.4, 0.5) is 22.0 Å². The predicted molar refractivity (Wildman–Crippen MR) is 108 cm³/mol. The zero-order valence-corrected chi connectivity index (χ0v) is 16.9. The Bertz CT molecular complexity index is 1470. The normalized spacial score (nSPS) is 12.2. The van der Waals surface area contributed by atoms with E-state index in [1.165, 1.54) is 48.8 Å². The fourth-order valence-electron chi connectivity index (χ4n) is 3.49. The molecule has 0 radical (unpaired) electrons. The van der Waals surface area contributed by atoms with Gasteiger partial charge in [0, 0.05) is 34.4 Å². The van der Waals surface area contributed by atoms with E-state index in [-0.39, 0.29) is 26.8 Å². The first-order valence-electron chi connectivity index (χ1n) is 8.91. The molecule has 156 valence electrons. The van der Waals surface area contributed by atoms with Crippen molar-refractivity contribution < 1.29 is 22.0 Å². The summed E-state index contributed by atoms with van der Waals surface area (Å²) in [6.07, 6.45) is -0.823. The van der Waals surface area contributed by atoms with Gasteiger partial charge >= 0.3 is 6.18 Å². The summed E-state index contributed by atoms with van der Waals surface area (Å²) in [5.74, 6) is -1.29. The summed E-state index contributed by atoms with van der Waals surface area (Å²) in [6.45, 7) is 0. The van der Waals surface area contributed by atoms with Crippen LogP contribution in [0.25, 0.3) is 39.1 Å². The van der Waals surface area contributed by atoms with E-state index in [0.717, 1.165) is 10.6 Å². The lowest BCUT2D eigenvalue weighted by molar-refractivity contribution is -0.140. The van der Waals surface area contributed by atoms with E-state index >= 15 is 4.39 Å². The van der Waals surface area contributed by atoms with Gasteiger partial charge in [-0.3, -0.25) is 9.38 Å². The number of aromatic amines is 1. The maximum absolute atomic E-state index is 15.2. The second-order valence-electron chi connectivity index (χ2n) is 6.80.